The van der Waals surface area contributed by atoms with Crippen LogP contribution in [0.4, 0.5) is 0 Å². The van der Waals surface area contributed by atoms with E-state index in [9.17, 15) is 0 Å². The molecule has 0 fully saturated rings. The molecule has 152 valence electrons. The topological polar surface area (TPSA) is 0 Å². The van der Waals surface area contributed by atoms with Gasteiger partial charge in [-0.2, -0.15) is 0 Å². The molecule has 2 aliphatic carbocycles. The molecule has 0 spiro atoms. The summed E-state index contributed by atoms with van der Waals surface area (Å²) >= 11 is -1.03. The quantitative estimate of drug-likeness (QED) is 0.273. The van der Waals surface area contributed by atoms with Crippen LogP contribution < -0.4 is 0 Å². The number of fused-ring (bicyclic) bond motifs is 2. The molecule has 4 aromatic rings. The summed E-state index contributed by atoms with van der Waals surface area (Å²) in [5.41, 5.74) is 11.8. The predicted octanol–water partition coefficient (Wildman–Crippen LogP) is 8.05. The zero-order valence-electron chi connectivity index (χ0n) is 18.1. The van der Waals surface area contributed by atoms with E-state index in [1.54, 1.807) is 8.85 Å². The average molecular weight is 488 g/mol. The van der Waals surface area contributed by atoms with Gasteiger partial charge in [0.05, 0.1) is 0 Å². The SMILES string of the molecule is CC1C(c2ccccc2)=[C]([Zr][CH]2C(c3ccccc3)=Cc3ccccc32)c2ccccc21. The average Bonchev–Trinajstić information content (AvgIpc) is 3.36. The van der Waals surface area contributed by atoms with E-state index in [1.165, 1.54) is 39.0 Å². The van der Waals surface area contributed by atoms with E-state index in [1.807, 2.05) is 0 Å². The first kappa shape index (κ1) is 19.9. The second-order valence-electron chi connectivity index (χ2n) is 8.64. The fraction of sp³-hybridized carbons (Fsp3) is 0.0968. The normalized spacial score (nSPS) is 18.8. The molecule has 0 N–H and O–H groups in total. The first-order chi connectivity index (χ1) is 15.8. The van der Waals surface area contributed by atoms with Crippen molar-refractivity contribution < 1.29 is 23.2 Å². The van der Waals surface area contributed by atoms with E-state index in [-0.39, 0.29) is 0 Å². The number of hydrogen-bond acceptors (Lipinski definition) is 0. The standard InChI is InChI=1S/C16H13.C15H11.Zr/c1-12-15-10-6-5-9-14(15)11-16(12)13-7-3-2-4-8-13;1-2-6-12(7-3-1)15-10-13-8-4-5-9-14(13)11-15;/h2-10,12H,1H3;1-11H;. The van der Waals surface area contributed by atoms with Crippen molar-refractivity contribution in [2.75, 3.05) is 0 Å². The molecule has 0 heterocycles. The minimum absolute atomic E-state index is 0.449. The zero-order valence-corrected chi connectivity index (χ0v) is 20.6. The van der Waals surface area contributed by atoms with Crippen LogP contribution in [0.3, 0.4) is 0 Å². The summed E-state index contributed by atoms with van der Waals surface area (Å²) in [7, 11) is 0. The number of rotatable bonds is 4. The van der Waals surface area contributed by atoms with E-state index in [0.717, 1.165) is 0 Å². The summed E-state index contributed by atoms with van der Waals surface area (Å²) in [5.74, 6) is 0.449. The molecule has 6 rings (SSSR count). The Hall–Kier alpha value is -2.76. The van der Waals surface area contributed by atoms with Gasteiger partial charge in [0.1, 0.15) is 0 Å². The van der Waals surface area contributed by atoms with Crippen LogP contribution in [0.5, 0.6) is 0 Å². The zero-order chi connectivity index (χ0) is 21.5. The van der Waals surface area contributed by atoms with Crippen LogP contribution in [0, 0.1) is 0 Å². The predicted molar refractivity (Wildman–Crippen MR) is 132 cm³/mol. The summed E-state index contributed by atoms with van der Waals surface area (Å²) in [5, 5.41) is 0. The summed E-state index contributed by atoms with van der Waals surface area (Å²) < 4.78 is 2.20. The number of hydrogen-bond donors (Lipinski definition) is 0. The van der Waals surface area contributed by atoms with Gasteiger partial charge in [-0.3, -0.25) is 0 Å². The molecule has 32 heavy (non-hydrogen) atoms. The molecule has 0 aliphatic heterocycles. The molecule has 0 saturated heterocycles. The molecule has 0 aromatic heterocycles. The van der Waals surface area contributed by atoms with Gasteiger partial charge in [0.25, 0.3) is 0 Å². The van der Waals surface area contributed by atoms with E-state index < -0.39 is 23.2 Å². The van der Waals surface area contributed by atoms with E-state index in [4.69, 9.17) is 0 Å². The Balaban J connectivity index is 1.52. The Morgan fingerprint density at radius 2 is 1.19 bits per heavy atom. The van der Waals surface area contributed by atoms with Crippen LogP contribution in [0.2, 0.25) is 0 Å². The maximum atomic E-state index is 2.45. The molecule has 2 aliphatic rings. The molecule has 0 radical (unpaired) electrons. The second-order valence-corrected chi connectivity index (χ2v) is 12.0. The number of allylic oxidation sites excluding steroid dienone is 2. The molecule has 2 atom stereocenters. The van der Waals surface area contributed by atoms with Gasteiger partial charge in [-0.15, -0.1) is 0 Å². The first-order valence-corrected chi connectivity index (χ1v) is 14.0. The van der Waals surface area contributed by atoms with Crippen LogP contribution in [-0.4, -0.2) is 0 Å². The fourth-order valence-corrected chi connectivity index (χ4v) is 10.2. The van der Waals surface area contributed by atoms with Crippen LogP contribution in [0.15, 0.2) is 109 Å². The van der Waals surface area contributed by atoms with Crippen LogP contribution in [0.1, 0.15) is 49.8 Å². The van der Waals surface area contributed by atoms with Gasteiger partial charge in [-0.25, -0.2) is 0 Å². The van der Waals surface area contributed by atoms with Gasteiger partial charge in [-0.1, -0.05) is 0 Å². The molecular formula is C31H24Zr. The Labute approximate surface area is 201 Å². The monoisotopic (exact) mass is 486 g/mol. The van der Waals surface area contributed by atoms with Crippen molar-refractivity contribution in [2.24, 2.45) is 0 Å². The molecule has 0 nitrogen and oxygen atoms in total. The van der Waals surface area contributed by atoms with Gasteiger partial charge >= 0.3 is 203 Å². The van der Waals surface area contributed by atoms with Crippen LogP contribution in [0.25, 0.3) is 20.5 Å². The van der Waals surface area contributed by atoms with Crippen molar-refractivity contribution in [2.45, 2.75) is 16.5 Å². The Morgan fingerprint density at radius 3 is 1.94 bits per heavy atom. The molecule has 0 amide bonds. The Kier molecular flexibility index (Phi) is 5.16. The van der Waals surface area contributed by atoms with E-state index in [0.29, 0.717) is 9.54 Å². The summed E-state index contributed by atoms with van der Waals surface area (Å²) in [6.07, 6.45) is 2.45. The van der Waals surface area contributed by atoms with Gasteiger partial charge in [0, 0.05) is 0 Å². The van der Waals surface area contributed by atoms with Gasteiger partial charge in [0.2, 0.25) is 0 Å². The summed E-state index contributed by atoms with van der Waals surface area (Å²) in [6.45, 7) is 2.39. The van der Waals surface area contributed by atoms with Crippen LogP contribution in [-0.2, 0) is 23.2 Å². The first-order valence-electron chi connectivity index (χ1n) is 11.3. The van der Waals surface area contributed by atoms with Crippen molar-refractivity contribution in [1.29, 1.82) is 0 Å². The summed E-state index contributed by atoms with van der Waals surface area (Å²) in [4.78, 5) is 0. The molecule has 4 aromatic carbocycles. The minimum atomic E-state index is -1.03. The third kappa shape index (κ3) is 3.31. The van der Waals surface area contributed by atoms with Crippen molar-refractivity contribution in [3.8, 4) is 0 Å². The summed E-state index contributed by atoms with van der Waals surface area (Å²) in [6, 6.07) is 40.3. The second kappa shape index (κ2) is 8.30. The van der Waals surface area contributed by atoms with Crippen molar-refractivity contribution in [1.82, 2.24) is 0 Å². The Bertz CT molecular complexity index is 1350. The third-order valence-electron chi connectivity index (χ3n) is 6.81. The third-order valence-corrected chi connectivity index (χ3v) is 11.1. The fourth-order valence-electron chi connectivity index (χ4n) is 5.29. The molecule has 1 heteroatoms. The van der Waals surface area contributed by atoms with E-state index in [2.05, 4.69) is 122 Å². The van der Waals surface area contributed by atoms with Crippen molar-refractivity contribution >= 4 is 20.5 Å². The molecule has 0 bridgehead atoms. The van der Waals surface area contributed by atoms with Gasteiger partial charge in [0.15, 0.2) is 0 Å². The van der Waals surface area contributed by atoms with Crippen molar-refractivity contribution in [3.05, 3.63) is 143 Å². The molecule has 2 unspecified atom stereocenters. The van der Waals surface area contributed by atoms with E-state index >= 15 is 0 Å². The maximum absolute atomic E-state index is 2.45. The molecular weight excluding hydrogens is 464 g/mol. The Morgan fingerprint density at radius 1 is 0.594 bits per heavy atom. The molecule has 0 saturated carbocycles. The van der Waals surface area contributed by atoms with Gasteiger partial charge < -0.3 is 0 Å². The van der Waals surface area contributed by atoms with Crippen LogP contribution >= 0.6 is 0 Å². The van der Waals surface area contributed by atoms with Crippen molar-refractivity contribution in [3.63, 3.8) is 0 Å². The van der Waals surface area contributed by atoms with Gasteiger partial charge in [-0.05, 0) is 0 Å². The number of benzene rings is 4.